The van der Waals surface area contributed by atoms with Gasteiger partial charge in [0.15, 0.2) is 4.77 Å². The molecule has 2 atom stereocenters. The Morgan fingerprint density at radius 2 is 2.00 bits per heavy atom. The molecule has 0 spiro atoms. The number of benzene rings is 1. The molecule has 8 nitrogen and oxygen atoms in total. The number of piperidine rings is 1. The predicted octanol–water partition coefficient (Wildman–Crippen LogP) is 2.12. The van der Waals surface area contributed by atoms with Crippen molar-refractivity contribution in [2.24, 2.45) is 18.9 Å². The van der Waals surface area contributed by atoms with Crippen LogP contribution < -0.4 is 5.32 Å². The average molecular weight is 438 g/mol. The number of carbonyl (C=O) groups is 1. The Kier molecular flexibility index (Phi) is 6.55. The van der Waals surface area contributed by atoms with Crippen LogP contribution in [0.3, 0.4) is 0 Å². The number of hydrogen-bond acceptors (Lipinski definition) is 5. The Labute approximate surface area is 176 Å². The van der Waals surface area contributed by atoms with Crippen LogP contribution in [-0.2, 0) is 23.5 Å². The second-order valence-electron chi connectivity index (χ2n) is 7.81. The Morgan fingerprint density at radius 3 is 2.62 bits per heavy atom. The van der Waals surface area contributed by atoms with E-state index in [1.165, 1.54) is 10.4 Å². The highest BCUT2D eigenvalue weighted by Crippen LogP contribution is 2.27. The van der Waals surface area contributed by atoms with Gasteiger partial charge in [-0.15, -0.1) is 0 Å². The van der Waals surface area contributed by atoms with Gasteiger partial charge in [0.25, 0.3) is 5.91 Å². The van der Waals surface area contributed by atoms with Crippen molar-refractivity contribution in [2.45, 2.75) is 31.6 Å². The van der Waals surface area contributed by atoms with Crippen molar-refractivity contribution in [3.05, 3.63) is 40.4 Å². The van der Waals surface area contributed by atoms with E-state index in [0.717, 1.165) is 12.2 Å². The molecule has 2 aromatic rings. The van der Waals surface area contributed by atoms with Crippen molar-refractivity contribution in [2.75, 3.05) is 19.6 Å². The number of carbonyl (C=O) groups excluding carboxylic acids is 1. The van der Waals surface area contributed by atoms with Crippen LogP contribution in [0.2, 0.25) is 0 Å². The molecule has 1 aliphatic heterocycles. The first-order chi connectivity index (χ1) is 13.7. The number of rotatable bonds is 6. The lowest BCUT2D eigenvalue weighted by molar-refractivity contribution is 0.0953. The first-order valence-electron chi connectivity index (χ1n) is 9.67. The lowest BCUT2D eigenvalue weighted by Crippen LogP contribution is -2.42. The van der Waals surface area contributed by atoms with Gasteiger partial charge in [-0.2, -0.15) is 9.40 Å². The summed E-state index contributed by atoms with van der Waals surface area (Å²) in [6.07, 6.45) is 1.53. The molecule has 3 rings (SSSR count). The van der Waals surface area contributed by atoms with E-state index in [4.69, 9.17) is 12.2 Å². The molecule has 29 heavy (non-hydrogen) atoms. The molecule has 10 heteroatoms. The Morgan fingerprint density at radius 1 is 1.31 bits per heavy atom. The summed E-state index contributed by atoms with van der Waals surface area (Å²) in [6, 6.07) is 6.22. The number of sulfonamides is 1. The normalized spacial score (nSPS) is 20.5. The number of nitrogens with zero attached hydrogens (tertiary/aromatic N) is 3. The summed E-state index contributed by atoms with van der Waals surface area (Å²) in [7, 11) is -1.82. The molecule has 0 aliphatic carbocycles. The van der Waals surface area contributed by atoms with E-state index >= 15 is 0 Å². The van der Waals surface area contributed by atoms with Crippen molar-refractivity contribution >= 4 is 28.1 Å². The highest BCUT2D eigenvalue weighted by Gasteiger charge is 2.31. The molecule has 0 radical (unpaired) electrons. The van der Waals surface area contributed by atoms with Gasteiger partial charge in [0, 0.05) is 38.7 Å². The van der Waals surface area contributed by atoms with E-state index in [2.05, 4.69) is 29.4 Å². The molecule has 158 valence electrons. The molecular formula is C19H27N5O3S2. The number of H-pyrrole nitrogens is 1. The van der Waals surface area contributed by atoms with E-state index < -0.39 is 10.0 Å². The van der Waals surface area contributed by atoms with Crippen LogP contribution in [0.15, 0.2) is 29.2 Å². The van der Waals surface area contributed by atoms with Gasteiger partial charge in [-0.05, 0) is 48.7 Å². The van der Waals surface area contributed by atoms with E-state index in [1.807, 2.05) is 0 Å². The minimum atomic E-state index is -3.63. The van der Waals surface area contributed by atoms with Crippen molar-refractivity contribution in [3.8, 4) is 0 Å². The zero-order valence-electron chi connectivity index (χ0n) is 16.9. The van der Waals surface area contributed by atoms with Crippen LogP contribution in [0.5, 0.6) is 0 Å². The second kappa shape index (κ2) is 8.76. The van der Waals surface area contributed by atoms with Crippen LogP contribution >= 0.6 is 12.2 Å². The van der Waals surface area contributed by atoms with Crippen LogP contribution in [0, 0.1) is 16.6 Å². The molecule has 1 saturated heterocycles. The average Bonchev–Trinajstić information content (AvgIpc) is 2.99. The van der Waals surface area contributed by atoms with Gasteiger partial charge >= 0.3 is 0 Å². The van der Waals surface area contributed by atoms with Gasteiger partial charge in [0.05, 0.1) is 4.90 Å². The molecule has 1 aliphatic rings. The maximum absolute atomic E-state index is 13.1. The summed E-state index contributed by atoms with van der Waals surface area (Å²) < 4.78 is 29.9. The predicted molar refractivity (Wildman–Crippen MR) is 113 cm³/mol. The van der Waals surface area contributed by atoms with Gasteiger partial charge in [0.1, 0.15) is 5.82 Å². The van der Waals surface area contributed by atoms with Crippen LogP contribution in [0.4, 0.5) is 0 Å². The standard InChI is InChI=1S/C19H27N5O3S2/c1-13-9-14(2)12-24(11-13)29(26,27)16-6-4-5-15(10-16)18(25)20-8-7-17-21-22-19(28)23(17)3/h4-6,10,13-14H,7-9,11-12H2,1-3H3,(H,20,25)(H,22,28). The number of aromatic amines is 1. The van der Waals surface area contributed by atoms with Crippen molar-refractivity contribution < 1.29 is 13.2 Å². The minimum Gasteiger partial charge on any atom is -0.352 e. The highest BCUT2D eigenvalue weighted by molar-refractivity contribution is 7.89. The summed E-state index contributed by atoms with van der Waals surface area (Å²) >= 11 is 5.07. The summed E-state index contributed by atoms with van der Waals surface area (Å²) in [5.41, 5.74) is 0.319. The molecule has 1 aromatic heterocycles. The number of aromatic nitrogens is 3. The van der Waals surface area contributed by atoms with Gasteiger partial charge in [-0.25, -0.2) is 8.42 Å². The van der Waals surface area contributed by atoms with Crippen molar-refractivity contribution in [3.63, 3.8) is 0 Å². The smallest absolute Gasteiger partial charge is 0.251 e. The lowest BCUT2D eigenvalue weighted by Gasteiger charge is -2.34. The first-order valence-corrected chi connectivity index (χ1v) is 11.5. The monoisotopic (exact) mass is 437 g/mol. The fourth-order valence-electron chi connectivity index (χ4n) is 3.74. The third kappa shape index (κ3) is 4.93. The van der Waals surface area contributed by atoms with Crippen LogP contribution in [0.25, 0.3) is 0 Å². The van der Waals surface area contributed by atoms with Crippen LogP contribution in [0.1, 0.15) is 36.5 Å². The molecule has 1 amide bonds. The minimum absolute atomic E-state index is 0.154. The molecule has 1 aromatic carbocycles. The molecule has 2 heterocycles. The molecule has 2 N–H and O–H groups in total. The van der Waals surface area contributed by atoms with E-state index in [-0.39, 0.29) is 10.8 Å². The van der Waals surface area contributed by atoms with Crippen molar-refractivity contribution in [1.82, 2.24) is 24.4 Å². The maximum Gasteiger partial charge on any atom is 0.251 e. The highest BCUT2D eigenvalue weighted by atomic mass is 32.2. The molecule has 1 fully saturated rings. The maximum atomic E-state index is 13.1. The SMILES string of the molecule is CC1CC(C)CN(S(=O)(=O)c2cccc(C(=O)NCCc3n[nH]c(=S)n3C)c2)C1. The third-order valence-corrected chi connectivity index (χ3v) is 7.37. The third-order valence-electron chi connectivity index (χ3n) is 5.18. The zero-order valence-corrected chi connectivity index (χ0v) is 18.5. The largest absolute Gasteiger partial charge is 0.352 e. The summed E-state index contributed by atoms with van der Waals surface area (Å²) in [4.78, 5) is 12.7. The number of nitrogens with one attached hydrogen (secondary N) is 2. The molecule has 0 saturated carbocycles. The first kappa shape index (κ1) is 21.7. The number of amides is 1. The Balaban J connectivity index is 1.69. The fourth-order valence-corrected chi connectivity index (χ4v) is 5.62. The van der Waals surface area contributed by atoms with Crippen LogP contribution in [-0.4, -0.2) is 53.0 Å². The lowest BCUT2D eigenvalue weighted by atomic mass is 9.94. The van der Waals surface area contributed by atoms with Crippen molar-refractivity contribution in [1.29, 1.82) is 0 Å². The summed E-state index contributed by atoms with van der Waals surface area (Å²) in [6.45, 7) is 5.51. The van der Waals surface area contributed by atoms with Gasteiger partial charge in [-0.1, -0.05) is 19.9 Å². The molecular weight excluding hydrogens is 410 g/mol. The van der Waals surface area contributed by atoms with Gasteiger partial charge < -0.3 is 9.88 Å². The quantitative estimate of drug-likeness (QED) is 0.675. The zero-order chi connectivity index (χ0) is 21.2. The molecule has 0 bridgehead atoms. The topological polar surface area (TPSA) is 100 Å². The molecule has 2 unspecified atom stereocenters. The summed E-state index contributed by atoms with van der Waals surface area (Å²) in [5.74, 6) is 1.05. The summed E-state index contributed by atoms with van der Waals surface area (Å²) in [5, 5.41) is 9.61. The Hall–Kier alpha value is -2.04. The Bertz CT molecular complexity index is 1030. The van der Waals surface area contributed by atoms with E-state index in [0.29, 0.717) is 48.2 Å². The van der Waals surface area contributed by atoms with E-state index in [9.17, 15) is 13.2 Å². The second-order valence-corrected chi connectivity index (χ2v) is 10.1. The number of hydrogen-bond donors (Lipinski definition) is 2. The van der Waals surface area contributed by atoms with Gasteiger partial charge in [0.2, 0.25) is 10.0 Å². The van der Waals surface area contributed by atoms with E-state index in [1.54, 1.807) is 29.8 Å². The fraction of sp³-hybridized carbons (Fsp3) is 0.526. The van der Waals surface area contributed by atoms with Gasteiger partial charge in [-0.3, -0.25) is 9.89 Å².